The summed E-state index contributed by atoms with van der Waals surface area (Å²) in [5, 5.41) is 2.54. The number of anilines is 1. The van der Waals surface area contributed by atoms with Crippen LogP contribution in [0.5, 0.6) is 0 Å². The van der Waals surface area contributed by atoms with Crippen molar-refractivity contribution in [2.45, 2.75) is 54.8 Å². The molecule has 1 N–H and O–H groups in total. The van der Waals surface area contributed by atoms with E-state index >= 15 is 0 Å². The normalized spacial score (nSPS) is 18.7. The third-order valence-electron chi connectivity index (χ3n) is 9.65. The molecule has 4 heterocycles. The Bertz CT molecular complexity index is 2020. The number of sulfonamides is 1. The topological polar surface area (TPSA) is 125 Å². The summed E-state index contributed by atoms with van der Waals surface area (Å²) >= 11 is 0. The van der Waals surface area contributed by atoms with E-state index in [1.165, 1.54) is 53.5 Å². The van der Waals surface area contributed by atoms with Crippen LogP contribution in [0, 0.1) is 11.7 Å². The quantitative estimate of drug-likeness (QED) is 0.266. The summed E-state index contributed by atoms with van der Waals surface area (Å²) in [6.07, 6.45) is 3.06. The Morgan fingerprint density at radius 3 is 2.31 bits per heavy atom. The van der Waals surface area contributed by atoms with E-state index < -0.39 is 51.5 Å². The van der Waals surface area contributed by atoms with Crippen molar-refractivity contribution in [3.63, 3.8) is 0 Å². The van der Waals surface area contributed by atoms with Crippen LogP contribution in [0.3, 0.4) is 0 Å². The predicted molar refractivity (Wildman–Crippen MR) is 168 cm³/mol. The number of halogens is 4. The third-order valence-corrected chi connectivity index (χ3v) is 11.5. The number of carbonyl (C=O) groups excluding carboxylic acids is 2. The lowest BCUT2D eigenvalue weighted by molar-refractivity contribution is -0.138. The summed E-state index contributed by atoms with van der Waals surface area (Å²) in [5.41, 5.74) is -0.658. The molecule has 1 spiro atoms. The number of amides is 2. The fourth-order valence-corrected chi connectivity index (χ4v) is 9.02. The molecular weight excluding hydrogens is 664 g/mol. The van der Waals surface area contributed by atoms with Crippen molar-refractivity contribution in [3.05, 3.63) is 113 Å². The number of nitrogens with one attached hydrogen (secondary N) is 1. The van der Waals surface area contributed by atoms with Crippen molar-refractivity contribution >= 4 is 27.5 Å². The van der Waals surface area contributed by atoms with Gasteiger partial charge in [0, 0.05) is 42.7 Å². The second kappa shape index (κ2) is 12.2. The van der Waals surface area contributed by atoms with E-state index in [2.05, 4.69) is 20.3 Å². The van der Waals surface area contributed by atoms with Crippen LogP contribution in [0.15, 0.2) is 84.4 Å². The molecule has 2 aromatic carbocycles. The van der Waals surface area contributed by atoms with Gasteiger partial charge in [0.2, 0.25) is 0 Å². The SMILES string of the molecule is O=C(NCc1ncccc1C(F)(F)F)c1ccc2c(c1)C1(CCN(C(=O)c3cncnc3)CC1)C(C1CC1)N2S(=O)(=O)c1ccc(F)cc1. The number of aromatic nitrogens is 3. The molecule has 254 valence electrons. The van der Waals surface area contributed by atoms with Crippen LogP contribution in [-0.2, 0) is 28.2 Å². The van der Waals surface area contributed by atoms with Crippen LogP contribution in [0.25, 0.3) is 0 Å². The van der Waals surface area contributed by atoms with Gasteiger partial charge in [-0.05, 0) is 91.8 Å². The van der Waals surface area contributed by atoms with Gasteiger partial charge in [0.15, 0.2) is 0 Å². The second-order valence-electron chi connectivity index (χ2n) is 12.5. The number of hydrogen-bond donors (Lipinski definition) is 1. The van der Waals surface area contributed by atoms with Gasteiger partial charge in [-0.1, -0.05) is 0 Å². The van der Waals surface area contributed by atoms with Crippen molar-refractivity contribution in [2.24, 2.45) is 5.92 Å². The molecule has 0 bridgehead atoms. The molecule has 7 rings (SSSR count). The van der Waals surface area contributed by atoms with Gasteiger partial charge in [-0.3, -0.25) is 18.9 Å². The molecule has 2 aliphatic heterocycles. The minimum atomic E-state index is -4.66. The van der Waals surface area contributed by atoms with Gasteiger partial charge in [0.1, 0.15) is 12.1 Å². The van der Waals surface area contributed by atoms with Gasteiger partial charge >= 0.3 is 6.18 Å². The minimum absolute atomic E-state index is 0.00498. The average molecular weight is 695 g/mol. The fraction of sp³-hybridized carbons (Fsp3) is 0.324. The van der Waals surface area contributed by atoms with E-state index in [0.717, 1.165) is 31.0 Å². The molecule has 4 aromatic rings. The Hall–Kier alpha value is -4.92. The Labute approximate surface area is 279 Å². The molecule has 15 heteroatoms. The molecular formula is C34H30F4N6O4S. The minimum Gasteiger partial charge on any atom is -0.346 e. The molecule has 1 aliphatic carbocycles. The number of fused-ring (bicyclic) bond motifs is 2. The predicted octanol–water partition coefficient (Wildman–Crippen LogP) is 5.12. The standard InChI is InChI=1S/C34H30F4N6O4S/c35-24-6-8-25(9-7-24)49(47,48)44-29-10-5-22(31(45)42-19-28-26(34(36,37)38)2-1-13-41-28)16-27(29)33(30(44)21-3-4-21)11-14-43(15-12-33)32(46)23-17-39-20-40-18-23/h1-2,5-10,13,16-18,20-21,30H,3-4,11-12,14-15,19H2,(H,42,45). The van der Waals surface area contributed by atoms with Crippen LogP contribution in [0.2, 0.25) is 0 Å². The molecule has 1 saturated carbocycles. The summed E-state index contributed by atoms with van der Waals surface area (Å²) in [4.78, 5) is 40.1. The summed E-state index contributed by atoms with van der Waals surface area (Å²) in [6, 6.07) is 10.7. The van der Waals surface area contributed by atoms with E-state index in [9.17, 15) is 35.6 Å². The fourth-order valence-electron chi connectivity index (χ4n) is 7.22. The lowest BCUT2D eigenvalue weighted by Gasteiger charge is -2.45. The smallest absolute Gasteiger partial charge is 0.346 e. The van der Waals surface area contributed by atoms with Gasteiger partial charge < -0.3 is 10.2 Å². The highest BCUT2D eigenvalue weighted by atomic mass is 32.2. The van der Waals surface area contributed by atoms with Crippen molar-refractivity contribution in [3.8, 4) is 0 Å². The summed E-state index contributed by atoms with van der Waals surface area (Å²) in [5.74, 6) is -1.50. The second-order valence-corrected chi connectivity index (χ2v) is 14.3. The Balaban J connectivity index is 1.26. The molecule has 0 radical (unpaired) electrons. The molecule has 2 aromatic heterocycles. The third kappa shape index (κ3) is 5.89. The first-order chi connectivity index (χ1) is 23.4. The first kappa shape index (κ1) is 32.6. The Morgan fingerprint density at radius 1 is 0.959 bits per heavy atom. The van der Waals surface area contributed by atoms with Gasteiger partial charge in [0.05, 0.1) is 40.0 Å². The molecule has 49 heavy (non-hydrogen) atoms. The highest BCUT2D eigenvalue weighted by Crippen LogP contribution is 2.59. The highest BCUT2D eigenvalue weighted by molar-refractivity contribution is 7.92. The number of rotatable bonds is 7. The first-order valence-electron chi connectivity index (χ1n) is 15.7. The van der Waals surface area contributed by atoms with Gasteiger partial charge in [-0.15, -0.1) is 0 Å². The first-order valence-corrected chi connectivity index (χ1v) is 17.1. The van der Waals surface area contributed by atoms with Crippen molar-refractivity contribution in [2.75, 3.05) is 17.4 Å². The number of pyridine rings is 1. The number of benzene rings is 2. The molecule has 10 nitrogen and oxygen atoms in total. The molecule has 1 saturated heterocycles. The summed E-state index contributed by atoms with van der Waals surface area (Å²) < 4.78 is 84.6. The van der Waals surface area contributed by atoms with Gasteiger partial charge in [0.25, 0.3) is 21.8 Å². The molecule has 2 fully saturated rings. The van der Waals surface area contributed by atoms with Crippen LogP contribution in [0.4, 0.5) is 23.2 Å². The average Bonchev–Trinajstić information content (AvgIpc) is 3.90. The summed E-state index contributed by atoms with van der Waals surface area (Å²) in [7, 11) is -4.22. The van der Waals surface area contributed by atoms with E-state index in [-0.39, 0.29) is 41.1 Å². The van der Waals surface area contributed by atoms with Crippen LogP contribution >= 0.6 is 0 Å². The van der Waals surface area contributed by atoms with Gasteiger partial charge in [-0.2, -0.15) is 13.2 Å². The maximum Gasteiger partial charge on any atom is 0.418 e. The zero-order valence-corrected chi connectivity index (χ0v) is 26.7. The zero-order valence-electron chi connectivity index (χ0n) is 25.9. The lowest BCUT2D eigenvalue weighted by Crippen LogP contribution is -2.54. The van der Waals surface area contributed by atoms with Crippen molar-refractivity contribution in [1.29, 1.82) is 0 Å². The molecule has 2 amide bonds. The highest BCUT2D eigenvalue weighted by Gasteiger charge is 2.60. The number of piperidine rings is 1. The van der Waals surface area contributed by atoms with E-state index in [0.29, 0.717) is 29.7 Å². The van der Waals surface area contributed by atoms with Crippen LogP contribution in [0.1, 0.15) is 63.2 Å². The van der Waals surface area contributed by atoms with Crippen molar-refractivity contribution < 1.29 is 35.6 Å². The zero-order chi connectivity index (χ0) is 34.6. The molecule has 1 atom stereocenters. The number of likely N-dealkylation sites (tertiary alicyclic amines) is 1. The largest absolute Gasteiger partial charge is 0.418 e. The van der Waals surface area contributed by atoms with E-state index in [4.69, 9.17) is 0 Å². The number of hydrogen-bond acceptors (Lipinski definition) is 7. The molecule has 3 aliphatic rings. The summed E-state index contributed by atoms with van der Waals surface area (Å²) in [6.45, 7) is 0.0983. The molecule has 1 unspecified atom stereocenters. The number of alkyl halides is 3. The van der Waals surface area contributed by atoms with Gasteiger partial charge in [-0.25, -0.2) is 22.8 Å². The van der Waals surface area contributed by atoms with E-state index in [1.807, 2.05) is 0 Å². The monoisotopic (exact) mass is 694 g/mol. The lowest BCUT2D eigenvalue weighted by atomic mass is 9.68. The maximum absolute atomic E-state index is 14.4. The van der Waals surface area contributed by atoms with Crippen molar-refractivity contribution in [1.82, 2.24) is 25.2 Å². The van der Waals surface area contributed by atoms with Crippen LogP contribution in [-0.4, -0.2) is 59.2 Å². The Morgan fingerprint density at radius 2 is 1.65 bits per heavy atom. The number of carbonyl (C=O) groups is 2. The number of nitrogens with zero attached hydrogens (tertiary/aromatic N) is 5. The maximum atomic E-state index is 14.4. The van der Waals surface area contributed by atoms with E-state index in [1.54, 1.807) is 17.0 Å². The Kier molecular flexibility index (Phi) is 8.12. The van der Waals surface area contributed by atoms with Crippen LogP contribution < -0.4 is 9.62 Å².